The normalized spacial score (nSPS) is 23.0. The first-order chi connectivity index (χ1) is 22.2. The molecule has 260 valence electrons. The maximum Gasteiger partial charge on any atom is 0.229 e. The van der Waals surface area contributed by atoms with Crippen LogP contribution in [0.1, 0.15) is 106 Å². The predicted molar refractivity (Wildman–Crippen MR) is 192 cm³/mol. The number of ketones is 1. The van der Waals surface area contributed by atoms with Crippen molar-refractivity contribution in [1.82, 2.24) is 9.88 Å². The van der Waals surface area contributed by atoms with Crippen molar-refractivity contribution in [1.29, 1.82) is 0 Å². The van der Waals surface area contributed by atoms with E-state index in [1.165, 1.54) is 17.4 Å². The van der Waals surface area contributed by atoms with Gasteiger partial charge in [-0.05, 0) is 87.8 Å². The van der Waals surface area contributed by atoms with Crippen LogP contribution in [-0.4, -0.2) is 46.5 Å². The smallest absolute Gasteiger partial charge is 0.229 e. The summed E-state index contributed by atoms with van der Waals surface area (Å²) in [6.45, 7) is 14.4. The lowest BCUT2D eigenvalue weighted by molar-refractivity contribution is -0.154. The van der Waals surface area contributed by atoms with Crippen LogP contribution in [-0.2, 0) is 32.3 Å². The predicted octanol–water partition coefficient (Wildman–Crippen LogP) is 8.70. The van der Waals surface area contributed by atoms with Crippen LogP contribution in [0, 0.1) is 29.5 Å². The number of aromatic nitrogens is 1. The average Bonchev–Trinajstić information content (AvgIpc) is 3.73. The molecule has 2 aliphatic rings. The van der Waals surface area contributed by atoms with Gasteiger partial charge in [0.15, 0.2) is 9.84 Å². The number of piperidine rings is 1. The van der Waals surface area contributed by atoms with Gasteiger partial charge < -0.3 is 4.90 Å². The Morgan fingerprint density at radius 2 is 1.79 bits per heavy atom. The average molecular weight is 715 g/mol. The van der Waals surface area contributed by atoms with E-state index in [2.05, 4.69) is 4.98 Å². The number of nitrogens with zero attached hydrogens (tertiary/aromatic N) is 2. The summed E-state index contributed by atoms with van der Waals surface area (Å²) in [7, 11) is -3.63. The van der Waals surface area contributed by atoms with E-state index in [0.29, 0.717) is 29.0 Å². The van der Waals surface area contributed by atoms with Crippen LogP contribution in [0.5, 0.6) is 0 Å². The van der Waals surface area contributed by atoms with Crippen molar-refractivity contribution in [3.63, 3.8) is 0 Å². The molecule has 48 heavy (non-hydrogen) atoms. The maximum absolute atomic E-state index is 15.3. The van der Waals surface area contributed by atoms with E-state index in [-0.39, 0.29) is 41.5 Å². The van der Waals surface area contributed by atoms with Crippen molar-refractivity contribution in [2.45, 2.75) is 110 Å². The Labute approximate surface area is 294 Å². The Balaban J connectivity index is 1.65. The molecule has 1 saturated heterocycles. The van der Waals surface area contributed by atoms with Gasteiger partial charge in [0.1, 0.15) is 11.6 Å². The Morgan fingerprint density at radius 3 is 2.38 bits per heavy atom. The number of hydrogen-bond donors (Lipinski definition) is 0. The third kappa shape index (κ3) is 7.73. The number of likely N-dealkylation sites (tertiary alicyclic amines) is 1. The van der Waals surface area contributed by atoms with Crippen molar-refractivity contribution in [3.8, 4) is 0 Å². The fourth-order valence-corrected chi connectivity index (χ4v) is 9.40. The fraction of sp³-hybridized carbons (Fsp3) is 0.553. The number of aryl methyl sites for hydroxylation is 1. The van der Waals surface area contributed by atoms with Gasteiger partial charge in [0.25, 0.3) is 0 Å². The first kappa shape index (κ1) is 36.7. The fourth-order valence-electron chi connectivity index (χ4n) is 6.71. The summed E-state index contributed by atoms with van der Waals surface area (Å²) in [5.74, 6) is -0.883. The molecule has 4 atom stereocenters. The van der Waals surface area contributed by atoms with Crippen molar-refractivity contribution < 1.29 is 22.4 Å². The van der Waals surface area contributed by atoms with E-state index in [0.717, 1.165) is 28.3 Å². The number of hydrogen-bond acceptors (Lipinski definition) is 6. The van der Waals surface area contributed by atoms with Crippen LogP contribution in [0.15, 0.2) is 48.7 Å². The molecule has 1 amide bonds. The Bertz CT molecular complexity index is 1800. The quantitative estimate of drug-likeness (QED) is 0.210. The summed E-state index contributed by atoms with van der Waals surface area (Å²) in [6.07, 6.45) is 4.39. The van der Waals surface area contributed by atoms with Gasteiger partial charge in [-0.1, -0.05) is 63.6 Å². The number of sulfone groups is 1. The number of amides is 1. The summed E-state index contributed by atoms with van der Waals surface area (Å²) in [5.41, 5.74) is 0.593. The highest BCUT2D eigenvalue weighted by molar-refractivity contribution is 7.92. The molecular formula is C38H48ClFN2O4S2. The maximum atomic E-state index is 15.3. The highest BCUT2D eigenvalue weighted by Gasteiger charge is 2.55. The van der Waals surface area contributed by atoms with Crippen LogP contribution in [0.3, 0.4) is 0 Å². The van der Waals surface area contributed by atoms with Crippen LogP contribution in [0.2, 0.25) is 5.02 Å². The number of carbonyl (C=O) groups is 2. The van der Waals surface area contributed by atoms with Crippen LogP contribution in [0.4, 0.5) is 4.39 Å². The third-order valence-corrected chi connectivity index (χ3v) is 14.0. The summed E-state index contributed by atoms with van der Waals surface area (Å²) < 4.78 is 42.0. The molecular weight excluding hydrogens is 667 g/mol. The number of Topliss-reactive ketones (excluding diaryl/α,β-unsaturated/α-hetero) is 1. The SMILES string of the molecule is Cc1ccc([C@@H]2[C@@H](c3cccc(Cl)c3)C[C@](C)(Cc3ncc(CC(=O)C(C)(C)C)s3)C(=O)N2[C@H](CS(=O)(=O)C(C)(C)C)C2CC2)cc1F. The molecule has 10 heteroatoms. The molecule has 0 unspecified atom stereocenters. The van der Waals surface area contributed by atoms with Gasteiger partial charge in [-0.25, -0.2) is 17.8 Å². The Hall–Kier alpha value is -2.62. The van der Waals surface area contributed by atoms with E-state index in [9.17, 15) is 13.2 Å². The number of carbonyl (C=O) groups excluding carboxylic acids is 2. The monoisotopic (exact) mass is 714 g/mol. The van der Waals surface area contributed by atoms with E-state index in [4.69, 9.17) is 11.6 Å². The van der Waals surface area contributed by atoms with Gasteiger partial charge in [0, 0.05) is 46.3 Å². The molecule has 1 aliphatic heterocycles. The van der Waals surface area contributed by atoms with Crippen LogP contribution >= 0.6 is 22.9 Å². The second kappa shape index (κ2) is 13.3. The molecule has 0 spiro atoms. The third-order valence-electron chi connectivity index (χ3n) is 10.1. The Morgan fingerprint density at radius 1 is 1.10 bits per heavy atom. The zero-order valence-corrected chi connectivity index (χ0v) is 31.7. The summed E-state index contributed by atoms with van der Waals surface area (Å²) in [6, 6.07) is 11.5. The van der Waals surface area contributed by atoms with Gasteiger partial charge >= 0.3 is 0 Å². The van der Waals surface area contributed by atoms with Gasteiger partial charge in [0.05, 0.1) is 27.0 Å². The molecule has 0 bridgehead atoms. The standard InChI is InChI=1S/C38H48ClFN2O4S2/c1-23-12-13-26(17-30(23)40)34-29(25-10-9-11-27(39)16-25)19-38(8,20-33-41-21-28(47-33)18-32(43)36(2,3)4)35(44)42(34)31(24-14-15-24)22-48(45,46)37(5,6)7/h9-13,16-17,21,24,29,31,34H,14-15,18-20,22H2,1-8H3/t29-,31-,34-,38-/m1/s1. The zero-order chi connectivity index (χ0) is 35.4. The topological polar surface area (TPSA) is 84.4 Å². The van der Waals surface area contributed by atoms with Crippen molar-refractivity contribution in [2.24, 2.45) is 16.7 Å². The molecule has 3 aromatic rings. The number of halogens is 2. The highest BCUT2D eigenvalue weighted by atomic mass is 35.5. The number of benzene rings is 2. The number of rotatable bonds is 10. The lowest BCUT2D eigenvalue weighted by atomic mass is 9.67. The minimum Gasteiger partial charge on any atom is -0.330 e. The van der Waals surface area contributed by atoms with Crippen molar-refractivity contribution in [3.05, 3.63) is 86.1 Å². The first-order valence-electron chi connectivity index (χ1n) is 16.7. The molecule has 6 nitrogen and oxygen atoms in total. The molecule has 1 aromatic heterocycles. The summed E-state index contributed by atoms with van der Waals surface area (Å²) >= 11 is 7.99. The lowest BCUT2D eigenvalue weighted by Crippen LogP contribution is -2.59. The highest BCUT2D eigenvalue weighted by Crippen LogP contribution is 2.54. The van der Waals surface area contributed by atoms with Gasteiger partial charge in [-0.2, -0.15) is 0 Å². The van der Waals surface area contributed by atoms with Crippen LogP contribution < -0.4 is 0 Å². The zero-order valence-electron chi connectivity index (χ0n) is 29.3. The van der Waals surface area contributed by atoms with Crippen LogP contribution in [0.25, 0.3) is 0 Å². The van der Waals surface area contributed by atoms with Gasteiger partial charge in [0.2, 0.25) is 5.91 Å². The molecule has 2 heterocycles. The Kier molecular flexibility index (Phi) is 10.1. The molecule has 0 N–H and O–H groups in total. The van der Waals surface area contributed by atoms with Gasteiger partial charge in [-0.3, -0.25) is 9.59 Å². The minimum absolute atomic E-state index is 0.0149. The van der Waals surface area contributed by atoms with Gasteiger partial charge in [-0.15, -0.1) is 11.3 Å². The van der Waals surface area contributed by atoms with E-state index >= 15 is 9.18 Å². The minimum atomic E-state index is -3.63. The molecule has 0 radical (unpaired) electrons. The van der Waals surface area contributed by atoms with Crippen molar-refractivity contribution >= 4 is 44.5 Å². The summed E-state index contributed by atoms with van der Waals surface area (Å²) in [4.78, 5) is 35.3. The molecule has 2 aromatic carbocycles. The van der Waals surface area contributed by atoms with E-state index < -0.39 is 37.5 Å². The second-order valence-electron chi connectivity index (χ2n) is 16.1. The van der Waals surface area contributed by atoms with E-state index in [1.54, 1.807) is 46.0 Å². The largest absolute Gasteiger partial charge is 0.330 e. The molecule has 1 saturated carbocycles. The van der Waals surface area contributed by atoms with E-state index in [1.807, 2.05) is 56.9 Å². The van der Waals surface area contributed by atoms with Crippen molar-refractivity contribution in [2.75, 3.05) is 5.75 Å². The molecule has 1 aliphatic carbocycles. The lowest BCUT2D eigenvalue weighted by Gasteiger charge is -2.52. The molecule has 2 fully saturated rings. The summed E-state index contributed by atoms with van der Waals surface area (Å²) in [5, 5.41) is 1.30. The molecule has 5 rings (SSSR count). The first-order valence-corrected chi connectivity index (χ1v) is 19.6. The second-order valence-corrected chi connectivity index (χ2v) is 20.6. The number of thiazole rings is 1.